The van der Waals surface area contributed by atoms with Crippen LogP contribution in [0.5, 0.6) is 0 Å². The summed E-state index contributed by atoms with van der Waals surface area (Å²) in [5.74, 6) is 1.41. The van der Waals surface area contributed by atoms with Gasteiger partial charge in [-0.25, -0.2) is 0 Å². The number of hydrogen-bond acceptors (Lipinski definition) is 4. The first-order valence-corrected chi connectivity index (χ1v) is 8.03. The van der Waals surface area contributed by atoms with Crippen LogP contribution < -0.4 is 0 Å². The predicted molar refractivity (Wildman–Crippen MR) is 73.1 cm³/mol. The number of carboxylic acids is 1. The van der Waals surface area contributed by atoms with Crippen molar-refractivity contribution in [3.63, 3.8) is 0 Å². The van der Waals surface area contributed by atoms with Crippen LogP contribution in [0.4, 0.5) is 0 Å². The highest BCUT2D eigenvalue weighted by atomic mass is 32.2. The number of carbonyl (C=O) groups is 1. The van der Waals surface area contributed by atoms with Crippen LogP contribution in [0.1, 0.15) is 32.6 Å². The van der Waals surface area contributed by atoms with Crippen LogP contribution in [0.15, 0.2) is 0 Å². The van der Waals surface area contributed by atoms with Gasteiger partial charge in [0.25, 0.3) is 0 Å². The van der Waals surface area contributed by atoms with Gasteiger partial charge in [0.05, 0.1) is 12.5 Å². The standard InChI is InChI=1S/C13H23NO3S/c1-2-12-7-10(3-5-17-12)14-4-6-18-9-11(14)8-13(15)16/h10-12H,2-9H2,1H3,(H,15,16). The fraction of sp³-hybridized carbons (Fsp3) is 0.923. The Bertz CT molecular complexity index is 287. The lowest BCUT2D eigenvalue weighted by molar-refractivity contribution is -0.138. The minimum Gasteiger partial charge on any atom is -0.481 e. The Morgan fingerprint density at radius 3 is 3.11 bits per heavy atom. The SMILES string of the molecule is CCC1CC(N2CCSCC2CC(=O)O)CCO1. The molecule has 3 unspecified atom stereocenters. The van der Waals surface area contributed by atoms with Gasteiger partial charge in [-0.3, -0.25) is 9.69 Å². The fourth-order valence-corrected chi connectivity index (χ4v) is 4.06. The van der Waals surface area contributed by atoms with Crippen molar-refractivity contribution in [2.75, 3.05) is 24.7 Å². The largest absolute Gasteiger partial charge is 0.481 e. The summed E-state index contributed by atoms with van der Waals surface area (Å²) in [5.41, 5.74) is 0. The number of thioether (sulfide) groups is 1. The van der Waals surface area contributed by atoms with Gasteiger partial charge in [0, 0.05) is 36.7 Å². The highest BCUT2D eigenvalue weighted by molar-refractivity contribution is 7.99. The molecule has 0 radical (unpaired) electrons. The van der Waals surface area contributed by atoms with E-state index in [1.165, 1.54) is 0 Å². The summed E-state index contributed by atoms with van der Waals surface area (Å²) < 4.78 is 5.72. The van der Waals surface area contributed by atoms with Crippen LogP contribution in [0.3, 0.4) is 0 Å². The third-order valence-electron chi connectivity index (χ3n) is 3.95. The van der Waals surface area contributed by atoms with E-state index in [4.69, 9.17) is 9.84 Å². The summed E-state index contributed by atoms with van der Waals surface area (Å²) in [6.07, 6.45) is 3.82. The molecule has 0 spiro atoms. The Labute approximate surface area is 113 Å². The van der Waals surface area contributed by atoms with E-state index < -0.39 is 5.97 Å². The normalized spacial score (nSPS) is 34.4. The molecule has 104 valence electrons. The second kappa shape index (κ2) is 6.78. The lowest BCUT2D eigenvalue weighted by Gasteiger charge is -2.43. The van der Waals surface area contributed by atoms with Gasteiger partial charge in [-0.1, -0.05) is 6.92 Å². The van der Waals surface area contributed by atoms with Crippen molar-refractivity contribution in [3.8, 4) is 0 Å². The van der Waals surface area contributed by atoms with Gasteiger partial charge in [0.1, 0.15) is 0 Å². The van der Waals surface area contributed by atoms with Crippen molar-refractivity contribution >= 4 is 17.7 Å². The van der Waals surface area contributed by atoms with Crippen molar-refractivity contribution in [1.29, 1.82) is 0 Å². The maximum Gasteiger partial charge on any atom is 0.304 e. The maximum absolute atomic E-state index is 11.0. The van der Waals surface area contributed by atoms with E-state index in [1.54, 1.807) is 0 Å². The van der Waals surface area contributed by atoms with Gasteiger partial charge >= 0.3 is 5.97 Å². The molecule has 2 aliphatic heterocycles. The Hall–Kier alpha value is -0.260. The topological polar surface area (TPSA) is 49.8 Å². The third-order valence-corrected chi connectivity index (χ3v) is 5.04. The van der Waals surface area contributed by atoms with E-state index in [9.17, 15) is 4.79 Å². The molecule has 1 N–H and O–H groups in total. The van der Waals surface area contributed by atoms with Crippen molar-refractivity contribution < 1.29 is 14.6 Å². The molecular weight excluding hydrogens is 250 g/mol. The van der Waals surface area contributed by atoms with Gasteiger partial charge in [-0.2, -0.15) is 11.8 Å². The molecule has 5 heteroatoms. The number of ether oxygens (including phenoxy) is 1. The molecular formula is C13H23NO3S. The zero-order chi connectivity index (χ0) is 13.0. The van der Waals surface area contributed by atoms with E-state index >= 15 is 0 Å². The monoisotopic (exact) mass is 273 g/mol. The first kappa shape index (κ1) is 14.2. The van der Waals surface area contributed by atoms with E-state index in [1.807, 2.05) is 11.8 Å². The minimum absolute atomic E-state index is 0.210. The second-order valence-corrected chi connectivity index (χ2v) is 6.29. The predicted octanol–water partition coefficient (Wildman–Crippen LogP) is 1.84. The molecule has 18 heavy (non-hydrogen) atoms. The average Bonchev–Trinajstić information content (AvgIpc) is 2.39. The van der Waals surface area contributed by atoms with Gasteiger partial charge in [0.15, 0.2) is 0 Å². The third kappa shape index (κ3) is 3.62. The number of aliphatic carboxylic acids is 1. The Balaban J connectivity index is 1.96. The lowest BCUT2D eigenvalue weighted by Crippen LogP contribution is -2.52. The molecule has 2 rings (SSSR count). The molecule has 2 aliphatic rings. The average molecular weight is 273 g/mol. The van der Waals surface area contributed by atoms with Crippen LogP contribution in [0.2, 0.25) is 0 Å². The number of nitrogens with zero attached hydrogens (tertiary/aromatic N) is 1. The van der Waals surface area contributed by atoms with E-state index in [0.717, 1.165) is 43.9 Å². The van der Waals surface area contributed by atoms with Crippen LogP contribution in [-0.2, 0) is 9.53 Å². The Kier molecular flexibility index (Phi) is 5.33. The summed E-state index contributed by atoms with van der Waals surface area (Å²) in [6.45, 7) is 4.02. The fourth-order valence-electron chi connectivity index (χ4n) is 2.97. The van der Waals surface area contributed by atoms with Crippen LogP contribution in [0.25, 0.3) is 0 Å². The molecule has 0 aromatic heterocycles. The first-order chi connectivity index (χ1) is 8.70. The van der Waals surface area contributed by atoms with Crippen LogP contribution >= 0.6 is 11.8 Å². The van der Waals surface area contributed by atoms with Crippen molar-refractivity contribution in [2.45, 2.75) is 50.8 Å². The molecule has 3 atom stereocenters. The lowest BCUT2D eigenvalue weighted by atomic mass is 9.98. The quantitative estimate of drug-likeness (QED) is 0.847. The minimum atomic E-state index is -0.674. The highest BCUT2D eigenvalue weighted by Gasteiger charge is 2.33. The number of rotatable bonds is 4. The number of carboxylic acid groups (broad SMARTS) is 1. The number of hydrogen-bond donors (Lipinski definition) is 1. The summed E-state index contributed by atoms with van der Waals surface area (Å²) in [7, 11) is 0. The molecule has 0 saturated carbocycles. The van der Waals surface area contributed by atoms with Gasteiger partial charge in [-0.05, 0) is 19.3 Å². The van der Waals surface area contributed by atoms with Gasteiger partial charge in [-0.15, -0.1) is 0 Å². The van der Waals surface area contributed by atoms with E-state index in [-0.39, 0.29) is 12.5 Å². The molecule has 4 nitrogen and oxygen atoms in total. The zero-order valence-corrected chi connectivity index (χ0v) is 11.8. The van der Waals surface area contributed by atoms with Crippen LogP contribution in [0, 0.1) is 0 Å². The summed E-state index contributed by atoms with van der Waals surface area (Å²) in [6, 6.07) is 0.732. The molecule has 0 amide bonds. The second-order valence-electron chi connectivity index (χ2n) is 5.14. The van der Waals surface area contributed by atoms with Gasteiger partial charge in [0.2, 0.25) is 0 Å². The maximum atomic E-state index is 11.0. The van der Waals surface area contributed by atoms with Gasteiger partial charge < -0.3 is 9.84 Å². The van der Waals surface area contributed by atoms with E-state index in [0.29, 0.717) is 12.1 Å². The highest BCUT2D eigenvalue weighted by Crippen LogP contribution is 2.28. The molecule has 2 fully saturated rings. The zero-order valence-electron chi connectivity index (χ0n) is 11.0. The molecule has 0 aliphatic carbocycles. The summed E-state index contributed by atoms with van der Waals surface area (Å²) in [4.78, 5) is 13.4. The Morgan fingerprint density at radius 1 is 1.56 bits per heavy atom. The van der Waals surface area contributed by atoms with Crippen molar-refractivity contribution in [1.82, 2.24) is 4.90 Å². The molecule has 0 bridgehead atoms. The Morgan fingerprint density at radius 2 is 2.39 bits per heavy atom. The van der Waals surface area contributed by atoms with Crippen LogP contribution in [-0.4, -0.2) is 58.8 Å². The molecule has 0 aromatic rings. The van der Waals surface area contributed by atoms with Crippen molar-refractivity contribution in [3.05, 3.63) is 0 Å². The molecule has 0 aromatic carbocycles. The molecule has 2 saturated heterocycles. The van der Waals surface area contributed by atoms with Crippen molar-refractivity contribution in [2.24, 2.45) is 0 Å². The smallest absolute Gasteiger partial charge is 0.304 e. The summed E-state index contributed by atoms with van der Waals surface area (Å²) >= 11 is 1.88. The van der Waals surface area contributed by atoms with E-state index in [2.05, 4.69) is 11.8 Å². The first-order valence-electron chi connectivity index (χ1n) is 6.87. The summed E-state index contributed by atoms with van der Waals surface area (Å²) in [5, 5.41) is 9.02. The molecule has 2 heterocycles.